The molecule has 19 heavy (non-hydrogen) atoms. The summed E-state index contributed by atoms with van der Waals surface area (Å²) in [6.07, 6.45) is 0.423. The van der Waals surface area contributed by atoms with E-state index in [-0.39, 0.29) is 11.8 Å². The number of carbonyl (C=O) groups excluding carboxylic acids is 1. The number of nitrogens with zero attached hydrogens (tertiary/aromatic N) is 2. The second kappa shape index (κ2) is 6.79. The van der Waals surface area contributed by atoms with Crippen molar-refractivity contribution in [3.8, 4) is 11.8 Å². The predicted molar refractivity (Wildman–Crippen MR) is 75.7 cm³/mol. The maximum atomic E-state index is 11.9. The molecule has 0 radical (unpaired) electrons. The molecule has 4 nitrogen and oxygen atoms in total. The topological polar surface area (TPSA) is 53.3 Å². The fourth-order valence-corrected chi connectivity index (χ4v) is 2.11. The zero-order chi connectivity index (χ0) is 14.4. The molecule has 0 aliphatic heterocycles. The molecule has 0 saturated heterocycles. The fourth-order valence-electron chi connectivity index (χ4n) is 2.11. The van der Waals surface area contributed by atoms with Gasteiger partial charge in [0.25, 0.3) is 0 Å². The van der Waals surface area contributed by atoms with E-state index in [9.17, 15) is 4.79 Å². The molecule has 0 atom stereocenters. The van der Waals surface area contributed by atoms with Crippen LogP contribution in [0.3, 0.4) is 0 Å². The van der Waals surface area contributed by atoms with Gasteiger partial charge < -0.3 is 9.64 Å². The van der Waals surface area contributed by atoms with Crippen LogP contribution in [0.25, 0.3) is 0 Å². The van der Waals surface area contributed by atoms with Crippen LogP contribution in [0.4, 0.5) is 5.69 Å². The summed E-state index contributed by atoms with van der Waals surface area (Å²) in [6, 6.07) is 7.89. The zero-order valence-corrected chi connectivity index (χ0v) is 11.9. The largest absolute Gasteiger partial charge is 0.496 e. The first kappa shape index (κ1) is 15.0. The van der Waals surface area contributed by atoms with Crippen molar-refractivity contribution in [1.82, 2.24) is 0 Å². The quantitative estimate of drug-likeness (QED) is 0.738. The lowest BCUT2D eigenvalue weighted by Gasteiger charge is -2.30. The lowest BCUT2D eigenvalue weighted by Crippen LogP contribution is -2.32. The zero-order valence-electron chi connectivity index (χ0n) is 11.9. The van der Waals surface area contributed by atoms with Gasteiger partial charge in [-0.2, -0.15) is 5.26 Å². The number of methoxy groups -OCH3 is 1. The second-order valence-electron chi connectivity index (χ2n) is 4.61. The molecule has 0 saturated carbocycles. The second-order valence-corrected chi connectivity index (χ2v) is 4.61. The number of ether oxygens (including phenoxy) is 1. The SMILES string of the molecule is COc1cccc(N(CCC#N)C(C)C)c1C(C)=O. The Labute approximate surface area is 114 Å². The van der Waals surface area contributed by atoms with Crippen LogP contribution in [0.2, 0.25) is 0 Å². The molecule has 102 valence electrons. The number of Topliss-reactive ketones (excluding diaryl/α,β-unsaturated/α-hetero) is 1. The first-order chi connectivity index (χ1) is 9.02. The van der Waals surface area contributed by atoms with Crippen LogP contribution in [0.1, 0.15) is 37.6 Å². The molecule has 1 aromatic rings. The average Bonchev–Trinajstić information content (AvgIpc) is 2.38. The van der Waals surface area contributed by atoms with Gasteiger partial charge in [0.05, 0.1) is 30.9 Å². The maximum Gasteiger partial charge on any atom is 0.165 e. The van der Waals surface area contributed by atoms with Crippen molar-refractivity contribution in [2.75, 3.05) is 18.6 Å². The Balaban J connectivity index is 3.30. The standard InChI is InChI=1S/C15H20N2O2/c1-11(2)17(10-6-9-16)13-7-5-8-14(19-4)15(13)12(3)18/h5,7-8,11H,6,10H2,1-4H3. The Hall–Kier alpha value is -2.02. The van der Waals surface area contributed by atoms with Crippen LogP contribution in [-0.2, 0) is 0 Å². The van der Waals surface area contributed by atoms with E-state index >= 15 is 0 Å². The summed E-state index contributed by atoms with van der Waals surface area (Å²) in [4.78, 5) is 13.9. The molecule has 0 N–H and O–H groups in total. The van der Waals surface area contributed by atoms with Gasteiger partial charge >= 0.3 is 0 Å². The van der Waals surface area contributed by atoms with Crippen molar-refractivity contribution >= 4 is 11.5 Å². The number of nitriles is 1. The third-order valence-electron chi connectivity index (χ3n) is 2.97. The summed E-state index contributed by atoms with van der Waals surface area (Å²) in [5.41, 5.74) is 1.41. The van der Waals surface area contributed by atoms with E-state index in [0.717, 1.165) is 5.69 Å². The fraction of sp³-hybridized carbons (Fsp3) is 0.467. The Morgan fingerprint density at radius 1 is 1.47 bits per heavy atom. The molecule has 0 fully saturated rings. The summed E-state index contributed by atoms with van der Waals surface area (Å²) >= 11 is 0. The van der Waals surface area contributed by atoms with Gasteiger partial charge in [0.1, 0.15) is 5.75 Å². The lowest BCUT2D eigenvalue weighted by atomic mass is 10.1. The van der Waals surface area contributed by atoms with Crippen molar-refractivity contribution in [1.29, 1.82) is 5.26 Å². The van der Waals surface area contributed by atoms with E-state index in [1.54, 1.807) is 13.2 Å². The van der Waals surface area contributed by atoms with E-state index in [1.807, 2.05) is 26.0 Å². The van der Waals surface area contributed by atoms with E-state index in [2.05, 4.69) is 11.0 Å². The summed E-state index contributed by atoms with van der Waals surface area (Å²) in [5.74, 6) is 0.544. The molecule has 0 spiro atoms. The molecule has 1 aromatic carbocycles. The Kier molecular flexibility index (Phi) is 5.37. The summed E-state index contributed by atoms with van der Waals surface area (Å²) < 4.78 is 5.27. The maximum absolute atomic E-state index is 11.9. The number of anilines is 1. The number of carbonyl (C=O) groups is 1. The highest BCUT2D eigenvalue weighted by molar-refractivity contribution is 6.02. The molecule has 0 heterocycles. The molecule has 0 aliphatic rings. The van der Waals surface area contributed by atoms with Gasteiger partial charge in [0.15, 0.2) is 5.78 Å². The normalized spacial score (nSPS) is 10.1. The van der Waals surface area contributed by atoms with Gasteiger partial charge in [-0.1, -0.05) is 6.07 Å². The van der Waals surface area contributed by atoms with E-state index in [1.165, 1.54) is 6.92 Å². The highest BCUT2D eigenvalue weighted by atomic mass is 16.5. The molecular formula is C15H20N2O2. The van der Waals surface area contributed by atoms with Gasteiger partial charge in [-0.25, -0.2) is 0 Å². The van der Waals surface area contributed by atoms with Gasteiger partial charge in [-0.3, -0.25) is 4.79 Å². The first-order valence-corrected chi connectivity index (χ1v) is 6.34. The number of rotatable bonds is 6. The van der Waals surface area contributed by atoms with Gasteiger partial charge in [0, 0.05) is 12.6 Å². The van der Waals surface area contributed by atoms with Crippen LogP contribution in [0, 0.1) is 11.3 Å². The molecule has 1 rings (SSSR count). The van der Waals surface area contributed by atoms with Crippen LogP contribution >= 0.6 is 0 Å². The molecule has 0 unspecified atom stereocenters. The number of benzene rings is 1. The Bertz CT molecular complexity index is 489. The number of ketones is 1. The van der Waals surface area contributed by atoms with Crippen LogP contribution in [0.5, 0.6) is 5.75 Å². The monoisotopic (exact) mass is 260 g/mol. The molecule has 4 heteroatoms. The minimum atomic E-state index is -0.0324. The van der Waals surface area contributed by atoms with Crippen molar-refractivity contribution in [3.63, 3.8) is 0 Å². The third kappa shape index (κ3) is 3.47. The summed E-state index contributed by atoms with van der Waals surface area (Å²) in [7, 11) is 1.56. The van der Waals surface area contributed by atoms with E-state index < -0.39 is 0 Å². The Morgan fingerprint density at radius 2 is 2.16 bits per heavy atom. The van der Waals surface area contributed by atoms with Crippen molar-refractivity contribution in [2.24, 2.45) is 0 Å². The molecule has 0 bridgehead atoms. The minimum Gasteiger partial charge on any atom is -0.496 e. The van der Waals surface area contributed by atoms with Crippen LogP contribution in [-0.4, -0.2) is 25.5 Å². The number of hydrogen-bond acceptors (Lipinski definition) is 4. The molecule has 0 amide bonds. The van der Waals surface area contributed by atoms with E-state index in [4.69, 9.17) is 10.00 Å². The highest BCUT2D eigenvalue weighted by Crippen LogP contribution is 2.31. The van der Waals surface area contributed by atoms with Crippen LogP contribution in [0.15, 0.2) is 18.2 Å². The number of hydrogen-bond donors (Lipinski definition) is 0. The average molecular weight is 260 g/mol. The summed E-state index contributed by atoms with van der Waals surface area (Å²) in [5, 5.41) is 8.75. The minimum absolute atomic E-state index is 0.0324. The smallest absolute Gasteiger partial charge is 0.165 e. The lowest BCUT2D eigenvalue weighted by molar-refractivity contribution is 0.101. The van der Waals surface area contributed by atoms with Crippen molar-refractivity contribution < 1.29 is 9.53 Å². The van der Waals surface area contributed by atoms with Crippen molar-refractivity contribution in [3.05, 3.63) is 23.8 Å². The van der Waals surface area contributed by atoms with Gasteiger partial charge in [-0.05, 0) is 32.9 Å². The van der Waals surface area contributed by atoms with Crippen molar-refractivity contribution in [2.45, 2.75) is 33.2 Å². The molecular weight excluding hydrogens is 240 g/mol. The highest BCUT2D eigenvalue weighted by Gasteiger charge is 2.20. The first-order valence-electron chi connectivity index (χ1n) is 6.34. The third-order valence-corrected chi connectivity index (χ3v) is 2.97. The molecule has 0 aromatic heterocycles. The van der Waals surface area contributed by atoms with E-state index in [0.29, 0.717) is 24.3 Å². The van der Waals surface area contributed by atoms with Crippen LogP contribution < -0.4 is 9.64 Å². The van der Waals surface area contributed by atoms with Gasteiger partial charge in [0.2, 0.25) is 0 Å². The predicted octanol–water partition coefficient (Wildman–Crippen LogP) is 3.03. The Morgan fingerprint density at radius 3 is 2.63 bits per heavy atom. The van der Waals surface area contributed by atoms with Gasteiger partial charge in [-0.15, -0.1) is 0 Å². The molecule has 0 aliphatic carbocycles. The summed E-state index contributed by atoms with van der Waals surface area (Å²) in [6.45, 7) is 6.22.